The maximum Gasteiger partial charge on any atom is 0.325 e. The summed E-state index contributed by atoms with van der Waals surface area (Å²) in [6.45, 7) is 1.07. The zero-order valence-electron chi connectivity index (χ0n) is 15.6. The van der Waals surface area contributed by atoms with E-state index in [2.05, 4.69) is 10.6 Å². The minimum atomic E-state index is -3.35. The second kappa shape index (κ2) is 7.49. The number of carbonyl (C=O) groups is 3. The van der Waals surface area contributed by atoms with Crippen LogP contribution in [-0.4, -0.2) is 44.0 Å². The summed E-state index contributed by atoms with van der Waals surface area (Å²) in [7, 11) is -3.35. The number of hydrogen-bond donors (Lipinski definition) is 2. The van der Waals surface area contributed by atoms with Gasteiger partial charge in [-0.15, -0.1) is 0 Å². The Hall–Kier alpha value is -2.91. The van der Waals surface area contributed by atoms with Crippen molar-refractivity contribution < 1.29 is 22.8 Å². The Kier molecular flexibility index (Phi) is 5.38. The average molecular weight is 436 g/mol. The van der Waals surface area contributed by atoms with E-state index in [1.54, 1.807) is 31.2 Å². The molecular weight excluding hydrogens is 418 g/mol. The molecule has 10 heteroatoms. The molecule has 0 aliphatic carbocycles. The third kappa shape index (κ3) is 4.25. The molecule has 152 valence electrons. The van der Waals surface area contributed by atoms with Gasteiger partial charge in [-0.3, -0.25) is 14.5 Å². The van der Waals surface area contributed by atoms with Crippen LogP contribution in [0.2, 0.25) is 5.02 Å². The van der Waals surface area contributed by atoms with Crippen molar-refractivity contribution in [1.29, 1.82) is 0 Å². The number of sulfone groups is 1. The van der Waals surface area contributed by atoms with Gasteiger partial charge >= 0.3 is 6.03 Å². The molecule has 4 amide bonds. The van der Waals surface area contributed by atoms with E-state index in [9.17, 15) is 22.8 Å². The lowest BCUT2D eigenvalue weighted by Crippen LogP contribution is -2.42. The van der Waals surface area contributed by atoms with Crippen molar-refractivity contribution in [3.63, 3.8) is 0 Å². The van der Waals surface area contributed by atoms with Crippen LogP contribution < -0.4 is 10.6 Å². The Morgan fingerprint density at radius 1 is 1.10 bits per heavy atom. The van der Waals surface area contributed by atoms with E-state index in [1.165, 1.54) is 24.3 Å². The van der Waals surface area contributed by atoms with Crippen molar-refractivity contribution in [2.24, 2.45) is 0 Å². The van der Waals surface area contributed by atoms with Crippen LogP contribution in [0.25, 0.3) is 0 Å². The minimum absolute atomic E-state index is 0.114. The largest absolute Gasteiger partial charge is 0.325 e. The number of anilines is 1. The van der Waals surface area contributed by atoms with Crippen LogP contribution in [0.5, 0.6) is 0 Å². The number of urea groups is 1. The minimum Gasteiger partial charge on any atom is -0.325 e. The molecule has 0 aromatic heterocycles. The number of nitrogens with zero attached hydrogens (tertiary/aromatic N) is 1. The van der Waals surface area contributed by atoms with Gasteiger partial charge in [-0.05, 0) is 48.9 Å². The Balaban J connectivity index is 1.71. The highest BCUT2D eigenvalue weighted by Gasteiger charge is 2.49. The number of imide groups is 1. The summed E-state index contributed by atoms with van der Waals surface area (Å²) < 4.78 is 23.0. The van der Waals surface area contributed by atoms with Crippen LogP contribution >= 0.6 is 11.6 Å². The van der Waals surface area contributed by atoms with Gasteiger partial charge in [0.2, 0.25) is 5.91 Å². The van der Waals surface area contributed by atoms with Gasteiger partial charge in [-0.2, -0.15) is 0 Å². The molecule has 2 N–H and O–H groups in total. The van der Waals surface area contributed by atoms with Crippen LogP contribution in [0.4, 0.5) is 10.5 Å². The number of hydrogen-bond acceptors (Lipinski definition) is 5. The maximum absolute atomic E-state index is 12.8. The van der Waals surface area contributed by atoms with Crippen LogP contribution in [0.15, 0.2) is 53.4 Å². The fourth-order valence-corrected chi connectivity index (χ4v) is 3.71. The molecule has 1 aliphatic heterocycles. The van der Waals surface area contributed by atoms with Crippen LogP contribution in [0.3, 0.4) is 0 Å². The molecule has 1 heterocycles. The number of rotatable bonds is 5. The van der Waals surface area contributed by atoms with E-state index >= 15 is 0 Å². The first-order chi connectivity index (χ1) is 13.5. The predicted octanol–water partition coefficient (Wildman–Crippen LogP) is 2.15. The summed E-state index contributed by atoms with van der Waals surface area (Å²) in [5, 5.41) is 5.64. The first-order valence-corrected chi connectivity index (χ1v) is 10.8. The molecule has 0 saturated carbocycles. The third-order valence-corrected chi connectivity index (χ3v) is 5.94. The Morgan fingerprint density at radius 3 is 2.24 bits per heavy atom. The molecular formula is C19H18ClN3O5S. The Morgan fingerprint density at radius 2 is 1.69 bits per heavy atom. The molecule has 1 atom stereocenters. The second-order valence-corrected chi connectivity index (χ2v) is 9.25. The number of carbonyl (C=O) groups excluding carboxylic acids is 3. The lowest BCUT2D eigenvalue weighted by molar-refractivity contribution is -0.133. The van der Waals surface area contributed by atoms with Gasteiger partial charge in [0.25, 0.3) is 5.91 Å². The summed E-state index contributed by atoms with van der Waals surface area (Å²) in [6, 6.07) is 11.4. The highest BCUT2D eigenvalue weighted by atomic mass is 35.5. The Labute approximate surface area is 172 Å². The Bertz CT molecular complexity index is 1080. The van der Waals surface area contributed by atoms with E-state index in [0.29, 0.717) is 16.3 Å². The van der Waals surface area contributed by atoms with Gasteiger partial charge < -0.3 is 10.6 Å². The van der Waals surface area contributed by atoms with Crippen molar-refractivity contribution in [1.82, 2.24) is 10.2 Å². The molecule has 1 fully saturated rings. The van der Waals surface area contributed by atoms with Crippen LogP contribution in [0, 0.1) is 0 Å². The SMILES string of the molecule is C[C@]1(c2ccc(Cl)cc2)NC(=O)N(CC(=O)Nc2ccc(S(C)(=O)=O)cc2)C1=O. The molecule has 2 aromatic carbocycles. The first kappa shape index (κ1) is 20.8. The van der Waals surface area contributed by atoms with E-state index in [1.807, 2.05) is 0 Å². The molecule has 2 aromatic rings. The zero-order chi connectivity index (χ0) is 21.4. The van der Waals surface area contributed by atoms with Crippen molar-refractivity contribution in [2.45, 2.75) is 17.4 Å². The number of benzene rings is 2. The summed E-state index contributed by atoms with van der Waals surface area (Å²) in [4.78, 5) is 38.4. The molecule has 1 saturated heterocycles. The van der Waals surface area contributed by atoms with Gasteiger partial charge in [0.15, 0.2) is 9.84 Å². The quantitative estimate of drug-likeness (QED) is 0.699. The third-order valence-electron chi connectivity index (χ3n) is 4.56. The summed E-state index contributed by atoms with van der Waals surface area (Å²) in [5.74, 6) is -1.16. The topological polar surface area (TPSA) is 113 Å². The smallest absolute Gasteiger partial charge is 0.325 e. The van der Waals surface area contributed by atoms with Gasteiger partial charge in [0, 0.05) is 17.0 Å². The van der Waals surface area contributed by atoms with Crippen molar-refractivity contribution in [2.75, 3.05) is 18.1 Å². The van der Waals surface area contributed by atoms with Crippen molar-refractivity contribution in [3.8, 4) is 0 Å². The molecule has 3 rings (SSSR count). The fraction of sp³-hybridized carbons (Fsp3) is 0.211. The predicted molar refractivity (Wildman–Crippen MR) is 107 cm³/mol. The molecule has 8 nitrogen and oxygen atoms in total. The molecule has 0 bridgehead atoms. The number of amides is 4. The summed E-state index contributed by atoms with van der Waals surface area (Å²) in [5.41, 5.74) is -0.423. The summed E-state index contributed by atoms with van der Waals surface area (Å²) >= 11 is 5.87. The average Bonchev–Trinajstić information content (AvgIpc) is 2.86. The molecule has 1 aliphatic rings. The standard InChI is InChI=1S/C19H18ClN3O5S/c1-19(12-3-5-13(20)6-4-12)17(25)23(18(26)22-19)11-16(24)21-14-7-9-15(10-8-14)29(2,27)28/h3-10H,11H2,1-2H3,(H,21,24)(H,22,26)/t19-/m1/s1. The van der Waals surface area contributed by atoms with Gasteiger partial charge in [0.05, 0.1) is 4.90 Å². The molecule has 0 spiro atoms. The maximum atomic E-state index is 12.8. The first-order valence-electron chi connectivity index (χ1n) is 8.51. The monoisotopic (exact) mass is 435 g/mol. The lowest BCUT2D eigenvalue weighted by atomic mass is 9.92. The molecule has 29 heavy (non-hydrogen) atoms. The van der Waals surface area contributed by atoms with Crippen LogP contribution in [0.1, 0.15) is 12.5 Å². The van der Waals surface area contributed by atoms with E-state index in [0.717, 1.165) is 11.2 Å². The fourth-order valence-electron chi connectivity index (χ4n) is 2.95. The number of nitrogens with one attached hydrogen (secondary N) is 2. The van der Waals surface area contributed by atoms with Gasteiger partial charge in [-0.1, -0.05) is 23.7 Å². The normalized spacial score (nSPS) is 19.2. The van der Waals surface area contributed by atoms with Crippen molar-refractivity contribution in [3.05, 3.63) is 59.1 Å². The molecule has 0 radical (unpaired) electrons. The number of halogens is 1. The van der Waals surface area contributed by atoms with Gasteiger partial charge in [-0.25, -0.2) is 13.2 Å². The van der Waals surface area contributed by atoms with E-state index in [-0.39, 0.29) is 4.90 Å². The lowest BCUT2D eigenvalue weighted by Gasteiger charge is -2.22. The van der Waals surface area contributed by atoms with Crippen molar-refractivity contribution >= 4 is 45.0 Å². The zero-order valence-corrected chi connectivity index (χ0v) is 17.2. The highest BCUT2D eigenvalue weighted by molar-refractivity contribution is 7.90. The van der Waals surface area contributed by atoms with E-state index in [4.69, 9.17) is 11.6 Å². The summed E-state index contributed by atoms with van der Waals surface area (Å²) in [6.07, 6.45) is 1.08. The highest BCUT2D eigenvalue weighted by Crippen LogP contribution is 2.29. The van der Waals surface area contributed by atoms with Crippen LogP contribution in [-0.2, 0) is 25.0 Å². The van der Waals surface area contributed by atoms with Gasteiger partial charge in [0.1, 0.15) is 12.1 Å². The van der Waals surface area contributed by atoms with E-state index < -0.39 is 39.8 Å². The molecule has 0 unspecified atom stereocenters. The second-order valence-electron chi connectivity index (χ2n) is 6.80.